The summed E-state index contributed by atoms with van der Waals surface area (Å²) in [5, 5.41) is 3.13. The SMILES string of the molecule is CCNCc1cc(F)cnc1OCCOc1ccccc1. The van der Waals surface area contributed by atoms with Crippen molar-refractivity contribution in [1.29, 1.82) is 0 Å². The average Bonchev–Trinajstić information content (AvgIpc) is 2.52. The highest BCUT2D eigenvalue weighted by molar-refractivity contribution is 5.26. The van der Waals surface area contributed by atoms with E-state index in [1.165, 1.54) is 6.07 Å². The number of nitrogens with zero attached hydrogens (tertiary/aromatic N) is 1. The molecule has 0 amide bonds. The Labute approximate surface area is 123 Å². The molecule has 0 spiro atoms. The maximum atomic E-state index is 13.2. The normalized spacial score (nSPS) is 10.4. The monoisotopic (exact) mass is 290 g/mol. The number of aromatic nitrogens is 1. The van der Waals surface area contributed by atoms with Gasteiger partial charge in [0.1, 0.15) is 24.8 Å². The molecular formula is C16H19FN2O2. The maximum absolute atomic E-state index is 13.2. The Kier molecular flexibility index (Phi) is 5.97. The van der Waals surface area contributed by atoms with E-state index in [1.54, 1.807) is 0 Å². The summed E-state index contributed by atoms with van der Waals surface area (Å²) in [4.78, 5) is 3.98. The van der Waals surface area contributed by atoms with Gasteiger partial charge in [-0.05, 0) is 24.7 Å². The van der Waals surface area contributed by atoms with E-state index in [9.17, 15) is 4.39 Å². The van der Waals surface area contributed by atoms with Crippen molar-refractivity contribution in [3.05, 3.63) is 54.0 Å². The maximum Gasteiger partial charge on any atom is 0.218 e. The van der Waals surface area contributed by atoms with Crippen LogP contribution in [-0.4, -0.2) is 24.7 Å². The molecule has 1 aromatic carbocycles. The molecule has 1 N–H and O–H groups in total. The molecule has 0 bridgehead atoms. The first-order valence-electron chi connectivity index (χ1n) is 6.95. The molecule has 0 radical (unpaired) electrons. The molecule has 0 atom stereocenters. The fourth-order valence-corrected chi connectivity index (χ4v) is 1.80. The molecule has 4 nitrogen and oxygen atoms in total. The number of pyridine rings is 1. The van der Waals surface area contributed by atoms with E-state index in [0.29, 0.717) is 31.2 Å². The van der Waals surface area contributed by atoms with Crippen molar-refractivity contribution in [2.45, 2.75) is 13.5 Å². The summed E-state index contributed by atoms with van der Waals surface area (Å²) in [7, 11) is 0. The summed E-state index contributed by atoms with van der Waals surface area (Å²) in [6, 6.07) is 10.9. The smallest absolute Gasteiger partial charge is 0.218 e. The van der Waals surface area contributed by atoms with E-state index in [0.717, 1.165) is 18.5 Å². The van der Waals surface area contributed by atoms with E-state index >= 15 is 0 Å². The first-order chi connectivity index (χ1) is 10.3. The van der Waals surface area contributed by atoms with Crippen molar-refractivity contribution < 1.29 is 13.9 Å². The van der Waals surface area contributed by atoms with Crippen LogP contribution in [0.25, 0.3) is 0 Å². The zero-order valence-electron chi connectivity index (χ0n) is 12.0. The predicted octanol–water partition coefficient (Wildman–Crippen LogP) is 2.79. The number of hydrogen-bond acceptors (Lipinski definition) is 4. The van der Waals surface area contributed by atoms with Gasteiger partial charge in [0.2, 0.25) is 5.88 Å². The van der Waals surface area contributed by atoms with Gasteiger partial charge in [-0.3, -0.25) is 0 Å². The third-order valence-electron chi connectivity index (χ3n) is 2.79. The fraction of sp³-hybridized carbons (Fsp3) is 0.312. The first-order valence-corrected chi connectivity index (χ1v) is 6.95. The molecule has 0 fully saturated rings. The van der Waals surface area contributed by atoms with Gasteiger partial charge >= 0.3 is 0 Å². The lowest BCUT2D eigenvalue weighted by Crippen LogP contribution is -2.15. The minimum absolute atomic E-state index is 0.354. The van der Waals surface area contributed by atoms with Crippen LogP contribution in [0.2, 0.25) is 0 Å². The molecular weight excluding hydrogens is 271 g/mol. The van der Waals surface area contributed by atoms with Gasteiger partial charge in [-0.2, -0.15) is 0 Å². The molecule has 0 saturated heterocycles. The highest BCUT2D eigenvalue weighted by atomic mass is 19.1. The lowest BCUT2D eigenvalue weighted by atomic mass is 10.2. The second-order valence-corrected chi connectivity index (χ2v) is 4.41. The minimum Gasteiger partial charge on any atom is -0.490 e. The average molecular weight is 290 g/mol. The highest BCUT2D eigenvalue weighted by Gasteiger charge is 2.07. The number of hydrogen-bond donors (Lipinski definition) is 1. The van der Waals surface area contributed by atoms with Crippen LogP contribution in [0.4, 0.5) is 4.39 Å². The van der Waals surface area contributed by atoms with Crippen LogP contribution in [0, 0.1) is 5.82 Å². The van der Waals surface area contributed by atoms with Crippen molar-refractivity contribution >= 4 is 0 Å². The lowest BCUT2D eigenvalue weighted by molar-refractivity contribution is 0.210. The molecule has 2 aromatic rings. The van der Waals surface area contributed by atoms with E-state index in [4.69, 9.17) is 9.47 Å². The Bertz CT molecular complexity index is 549. The molecule has 0 unspecified atom stereocenters. The molecule has 5 heteroatoms. The number of para-hydroxylation sites is 1. The summed E-state index contributed by atoms with van der Waals surface area (Å²) in [5.41, 5.74) is 0.705. The Hall–Kier alpha value is -2.14. The summed E-state index contributed by atoms with van der Waals surface area (Å²) in [5.74, 6) is 0.867. The first kappa shape index (κ1) is 15.3. The van der Waals surface area contributed by atoms with Gasteiger partial charge in [0.25, 0.3) is 0 Å². The van der Waals surface area contributed by atoms with Crippen LogP contribution in [0.3, 0.4) is 0 Å². The van der Waals surface area contributed by atoms with Gasteiger partial charge in [0, 0.05) is 12.1 Å². The zero-order valence-corrected chi connectivity index (χ0v) is 12.0. The third-order valence-corrected chi connectivity index (χ3v) is 2.79. The molecule has 0 saturated carbocycles. The molecule has 112 valence electrons. The highest BCUT2D eigenvalue weighted by Crippen LogP contribution is 2.16. The van der Waals surface area contributed by atoms with Crippen LogP contribution in [0.5, 0.6) is 11.6 Å². The quantitative estimate of drug-likeness (QED) is 0.759. The third kappa shape index (κ3) is 5.04. The van der Waals surface area contributed by atoms with E-state index < -0.39 is 0 Å². The zero-order chi connectivity index (χ0) is 14.9. The van der Waals surface area contributed by atoms with Crippen molar-refractivity contribution in [3.8, 4) is 11.6 Å². The van der Waals surface area contributed by atoms with E-state index in [-0.39, 0.29) is 5.82 Å². The van der Waals surface area contributed by atoms with Crippen molar-refractivity contribution in [2.24, 2.45) is 0 Å². The summed E-state index contributed by atoms with van der Waals surface area (Å²) in [6.07, 6.45) is 1.16. The van der Waals surface area contributed by atoms with Gasteiger partial charge in [-0.1, -0.05) is 25.1 Å². The molecule has 0 aliphatic heterocycles. The van der Waals surface area contributed by atoms with Crippen LogP contribution in [-0.2, 0) is 6.54 Å². The second-order valence-electron chi connectivity index (χ2n) is 4.41. The standard InChI is InChI=1S/C16H19FN2O2/c1-2-18-11-13-10-14(17)12-19-16(13)21-9-8-20-15-6-4-3-5-7-15/h3-7,10,12,18H,2,8-9,11H2,1H3. The number of halogens is 1. The van der Waals surface area contributed by atoms with Crippen LogP contribution in [0.15, 0.2) is 42.6 Å². The summed E-state index contributed by atoms with van der Waals surface area (Å²) >= 11 is 0. The van der Waals surface area contributed by atoms with Gasteiger partial charge < -0.3 is 14.8 Å². The Morgan fingerprint density at radius 2 is 1.90 bits per heavy atom. The largest absolute Gasteiger partial charge is 0.490 e. The van der Waals surface area contributed by atoms with Gasteiger partial charge in [0.15, 0.2) is 0 Å². The number of nitrogens with one attached hydrogen (secondary N) is 1. The number of rotatable bonds is 8. The minimum atomic E-state index is -0.365. The molecule has 1 heterocycles. The summed E-state index contributed by atoms with van der Waals surface area (Å²) in [6.45, 7) is 4.07. The number of benzene rings is 1. The Morgan fingerprint density at radius 3 is 2.67 bits per heavy atom. The molecule has 0 aliphatic carbocycles. The second kappa shape index (κ2) is 8.21. The van der Waals surface area contributed by atoms with Crippen LogP contribution in [0.1, 0.15) is 12.5 Å². The summed E-state index contributed by atoms with van der Waals surface area (Å²) < 4.78 is 24.3. The Balaban J connectivity index is 1.84. The Morgan fingerprint density at radius 1 is 1.14 bits per heavy atom. The van der Waals surface area contributed by atoms with Gasteiger partial charge in [-0.25, -0.2) is 9.37 Å². The van der Waals surface area contributed by atoms with E-state index in [2.05, 4.69) is 10.3 Å². The van der Waals surface area contributed by atoms with Gasteiger partial charge in [-0.15, -0.1) is 0 Å². The predicted molar refractivity (Wildman–Crippen MR) is 79.0 cm³/mol. The van der Waals surface area contributed by atoms with Crippen molar-refractivity contribution in [1.82, 2.24) is 10.3 Å². The molecule has 1 aromatic heterocycles. The lowest BCUT2D eigenvalue weighted by Gasteiger charge is -2.11. The molecule has 0 aliphatic rings. The van der Waals surface area contributed by atoms with Crippen molar-refractivity contribution in [3.63, 3.8) is 0 Å². The van der Waals surface area contributed by atoms with E-state index in [1.807, 2.05) is 37.3 Å². The molecule has 2 rings (SSSR count). The van der Waals surface area contributed by atoms with Gasteiger partial charge in [0.05, 0.1) is 6.20 Å². The van der Waals surface area contributed by atoms with Crippen LogP contribution < -0.4 is 14.8 Å². The van der Waals surface area contributed by atoms with Crippen molar-refractivity contribution in [2.75, 3.05) is 19.8 Å². The van der Waals surface area contributed by atoms with Crippen LogP contribution >= 0.6 is 0 Å². The number of ether oxygens (including phenoxy) is 2. The molecule has 21 heavy (non-hydrogen) atoms. The topological polar surface area (TPSA) is 43.4 Å². The fourth-order valence-electron chi connectivity index (χ4n) is 1.80.